The average molecular weight is 486 g/mol. The van der Waals surface area contributed by atoms with Gasteiger partial charge in [0.05, 0.1) is 18.2 Å². The Labute approximate surface area is 203 Å². The first-order chi connectivity index (χ1) is 16.2. The van der Waals surface area contributed by atoms with Crippen LogP contribution in [0.2, 0.25) is 5.02 Å². The van der Waals surface area contributed by atoms with Gasteiger partial charge in [-0.3, -0.25) is 14.3 Å². The number of rotatable bonds is 10. The SMILES string of the molecule is O=C(CCCSc1nnc(-c2ccccc2Cl)n1-c1ccccc1)NCCN1CCOCC1. The van der Waals surface area contributed by atoms with Crippen molar-refractivity contribution in [3.63, 3.8) is 0 Å². The van der Waals surface area contributed by atoms with Crippen molar-refractivity contribution >= 4 is 29.3 Å². The molecular weight excluding hydrogens is 458 g/mol. The average Bonchev–Trinajstić information content (AvgIpc) is 3.27. The van der Waals surface area contributed by atoms with E-state index in [1.54, 1.807) is 11.8 Å². The number of nitrogens with zero attached hydrogens (tertiary/aromatic N) is 4. The fourth-order valence-electron chi connectivity index (χ4n) is 3.65. The summed E-state index contributed by atoms with van der Waals surface area (Å²) in [6, 6.07) is 17.6. The van der Waals surface area contributed by atoms with Crippen LogP contribution in [0.4, 0.5) is 0 Å². The Bertz CT molecular complexity index is 1040. The Morgan fingerprint density at radius 2 is 1.82 bits per heavy atom. The fourth-order valence-corrected chi connectivity index (χ4v) is 4.76. The molecule has 0 saturated carbocycles. The van der Waals surface area contributed by atoms with Crippen molar-refractivity contribution < 1.29 is 9.53 Å². The summed E-state index contributed by atoms with van der Waals surface area (Å²) < 4.78 is 7.37. The lowest BCUT2D eigenvalue weighted by atomic mass is 10.2. The lowest BCUT2D eigenvalue weighted by Gasteiger charge is -2.26. The van der Waals surface area contributed by atoms with Crippen LogP contribution in [0.5, 0.6) is 0 Å². The summed E-state index contributed by atoms with van der Waals surface area (Å²) in [5, 5.41) is 13.3. The van der Waals surface area contributed by atoms with Crippen molar-refractivity contribution in [3.8, 4) is 17.1 Å². The van der Waals surface area contributed by atoms with Gasteiger partial charge < -0.3 is 10.1 Å². The molecule has 1 N–H and O–H groups in total. The summed E-state index contributed by atoms with van der Waals surface area (Å²) in [7, 11) is 0. The highest BCUT2D eigenvalue weighted by atomic mass is 35.5. The second-order valence-corrected chi connectivity index (χ2v) is 9.18. The predicted molar refractivity (Wildman–Crippen MR) is 132 cm³/mol. The Hall–Kier alpha value is -2.39. The van der Waals surface area contributed by atoms with E-state index >= 15 is 0 Å². The van der Waals surface area contributed by atoms with Crippen molar-refractivity contribution in [3.05, 3.63) is 59.6 Å². The van der Waals surface area contributed by atoms with Gasteiger partial charge in [-0.25, -0.2) is 0 Å². The van der Waals surface area contributed by atoms with Gasteiger partial charge >= 0.3 is 0 Å². The maximum absolute atomic E-state index is 12.2. The van der Waals surface area contributed by atoms with E-state index in [0.717, 1.165) is 61.4 Å². The molecule has 1 fully saturated rings. The summed E-state index contributed by atoms with van der Waals surface area (Å²) >= 11 is 8.03. The summed E-state index contributed by atoms with van der Waals surface area (Å²) in [6.07, 6.45) is 1.25. The van der Waals surface area contributed by atoms with Crippen molar-refractivity contribution in [2.24, 2.45) is 0 Å². The Morgan fingerprint density at radius 3 is 2.61 bits per heavy atom. The van der Waals surface area contributed by atoms with Crippen LogP contribution < -0.4 is 5.32 Å². The first kappa shape index (κ1) is 23.8. The van der Waals surface area contributed by atoms with Crippen LogP contribution in [0, 0.1) is 0 Å². The maximum Gasteiger partial charge on any atom is 0.220 e. The number of hydrogen-bond acceptors (Lipinski definition) is 6. The molecule has 7 nitrogen and oxygen atoms in total. The molecule has 0 bridgehead atoms. The molecule has 2 heterocycles. The van der Waals surface area contributed by atoms with E-state index in [1.165, 1.54) is 0 Å². The van der Waals surface area contributed by atoms with Crippen molar-refractivity contribution in [1.82, 2.24) is 25.0 Å². The minimum atomic E-state index is 0.0881. The number of thioether (sulfide) groups is 1. The van der Waals surface area contributed by atoms with E-state index < -0.39 is 0 Å². The van der Waals surface area contributed by atoms with Gasteiger partial charge in [0.1, 0.15) is 0 Å². The summed E-state index contributed by atoms with van der Waals surface area (Å²) in [6.45, 7) is 4.97. The molecule has 2 aromatic carbocycles. The Kier molecular flexibility index (Phi) is 8.77. The van der Waals surface area contributed by atoms with Gasteiger partial charge in [-0.05, 0) is 30.7 Å². The van der Waals surface area contributed by atoms with E-state index in [2.05, 4.69) is 20.4 Å². The number of carbonyl (C=O) groups is 1. The van der Waals surface area contributed by atoms with E-state index in [4.69, 9.17) is 16.3 Å². The van der Waals surface area contributed by atoms with E-state index in [9.17, 15) is 4.79 Å². The van der Waals surface area contributed by atoms with Gasteiger partial charge in [0.15, 0.2) is 11.0 Å². The molecule has 0 radical (unpaired) electrons. The molecule has 174 valence electrons. The highest BCUT2D eigenvalue weighted by Crippen LogP contribution is 2.32. The second-order valence-electron chi connectivity index (χ2n) is 7.71. The first-order valence-electron chi connectivity index (χ1n) is 11.2. The Balaban J connectivity index is 1.32. The predicted octanol–water partition coefficient (Wildman–Crippen LogP) is 3.91. The van der Waals surface area contributed by atoms with Crippen LogP contribution >= 0.6 is 23.4 Å². The molecule has 1 saturated heterocycles. The number of amides is 1. The fraction of sp³-hybridized carbons (Fsp3) is 0.375. The molecule has 0 atom stereocenters. The van der Waals surface area contributed by atoms with Gasteiger partial charge in [-0.15, -0.1) is 10.2 Å². The van der Waals surface area contributed by atoms with Gasteiger partial charge in [0, 0.05) is 49.6 Å². The van der Waals surface area contributed by atoms with Crippen LogP contribution in [-0.4, -0.2) is 70.7 Å². The van der Waals surface area contributed by atoms with E-state index in [-0.39, 0.29) is 5.91 Å². The third-order valence-electron chi connectivity index (χ3n) is 5.40. The smallest absolute Gasteiger partial charge is 0.220 e. The number of aromatic nitrogens is 3. The van der Waals surface area contributed by atoms with Crippen LogP contribution in [0.1, 0.15) is 12.8 Å². The topological polar surface area (TPSA) is 72.3 Å². The van der Waals surface area contributed by atoms with Gasteiger partial charge in [0.2, 0.25) is 5.91 Å². The number of nitrogens with one attached hydrogen (secondary N) is 1. The largest absolute Gasteiger partial charge is 0.379 e. The zero-order chi connectivity index (χ0) is 22.9. The Morgan fingerprint density at radius 1 is 1.06 bits per heavy atom. The highest BCUT2D eigenvalue weighted by Gasteiger charge is 2.18. The number of carbonyl (C=O) groups excluding carboxylic acids is 1. The molecule has 4 rings (SSSR count). The first-order valence-corrected chi connectivity index (χ1v) is 12.5. The molecule has 0 unspecified atom stereocenters. The molecule has 1 aliphatic heterocycles. The molecule has 1 aromatic heterocycles. The van der Waals surface area contributed by atoms with Crippen LogP contribution in [0.25, 0.3) is 17.1 Å². The summed E-state index contributed by atoms with van der Waals surface area (Å²) in [5.74, 6) is 1.56. The number of morpholine rings is 1. The van der Waals surface area contributed by atoms with Gasteiger partial charge in [-0.2, -0.15) is 0 Å². The van der Waals surface area contributed by atoms with E-state index in [1.807, 2.05) is 59.2 Å². The van der Waals surface area contributed by atoms with Gasteiger partial charge in [0.25, 0.3) is 0 Å². The van der Waals surface area contributed by atoms with E-state index in [0.29, 0.717) is 23.8 Å². The van der Waals surface area contributed by atoms with Crippen molar-refractivity contribution in [1.29, 1.82) is 0 Å². The summed E-state index contributed by atoms with van der Waals surface area (Å²) in [5.41, 5.74) is 1.81. The monoisotopic (exact) mass is 485 g/mol. The number of hydrogen-bond donors (Lipinski definition) is 1. The van der Waals surface area contributed by atoms with Crippen molar-refractivity contribution in [2.75, 3.05) is 45.1 Å². The number of ether oxygens (including phenoxy) is 1. The molecule has 3 aromatic rings. The van der Waals surface area contributed by atoms with Crippen LogP contribution in [-0.2, 0) is 9.53 Å². The minimum Gasteiger partial charge on any atom is -0.379 e. The second kappa shape index (κ2) is 12.2. The molecule has 1 amide bonds. The molecule has 9 heteroatoms. The molecular formula is C24H28ClN5O2S. The van der Waals surface area contributed by atoms with Crippen LogP contribution in [0.3, 0.4) is 0 Å². The zero-order valence-electron chi connectivity index (χ0n) is 18.5. The third kappa shape index (κ3) is 6.57. The highest BCUT2D eigenvalue weighted by molar-refractivity contribution is 7.99. The number of para-hydroxylation sites is 1. The quantitative estimate of drug-likeness (QED) is 0.347. The normalized spacial score (nSPS) is 14.3. The maximum atomic E-state index is 12.2. The van der Waals surface area contributed by atoms with Crippen molar-refractivity contribution in [2.45, 2.75) is 18.0 Å². The molecule has 0 spiro atoms. The number of benzene rings is 2. The van der Waals surface area contributed by atoms with Gasteiger partial charge in [-0.1, -0.05) is 53.7 Å². The third-order valence-corrected chi connectivity index (χ3v) is 6.74. The minimum absolute atomic E-state index is 0.0881. The molecule has 33 heavy (non-hydrogen) atoms. The lowest BCUT2D eigenvalue weighted by molar-refractivity contribution is -0.121. The zero-order valence-corrected chi connectivity index (χ0v) is 20.0. The summed E-state index contributed by atoms with van der Waals surface area (Å²) in [4.78, 5) is 14.5. The molecule has 0 aliphatic carbocycles. The standard InChI is InChI=1S/C24H28ClN5O2S/c25-21-10-5-4-9-20(21)23-27-28-24(30(23)19-7-2-1-3-8-19)33-18-6-11-22(31)26-12-13-29-14-16-32-17-15-29/h1-5,7-10H,6,11-18H2,(H,26,31). The van der Waals surface area contributed by atoms with Crippen LogP contribution in [0.15, 0.2) is 59.8 Å². The molecule has 1 aliphatic rings. The number of halogens is 1. The lowest BCUT2D eigenvalue weighted by Crippen LogP contribution is -2.41.